The largest absolute Gasteiger partial charge is 0.499 e. The molecule has 1 aromatic heterocycles. The van der Waals surface area contributed by atoms with E-state index < -0.39 is 0 Å². The molecule has 4 aromatic rings. The van der Waals surface area contributed by atoms with Crippen molar-refractivity contribution >= 4 is 50.9 Å². The van der Waals surface area contributed by atoms with Crippen molar-refractivity contribution in [2.75, 3.05) is 26.7 Å². The molecular weight excluding hydrogens is 604 g/mol. The number of methoxy groups -OCH3 is 1. The summed E-state index contributed by atoms with van der Waals surface area (Å²) in [5.74, 6) is 0.575. The van der Waals surface area contributed by atoms with E-state index in [0.29, 0.717) is 48.1 Å². The lowest BCUT2D eigenvalue weighted by Crippen LogP contribution is -2.56. The fourth-order valence-electron chi connectivity index (χ4n) is 5.49. The number of hydrogen-bond donors (Lipinski definition) is 0. The number of ether oxygens (including phenoxy) is 1. The van der Waals surface area contributed by atoms with Crippen LogP contribution in [0.4, 0.5) is 10.5 Å². The summed E-state index contributed by atoms with van der Waals surface area (Å²) in [7, 11) is 1.61. The van der Waals surface area contributed by atoms with Gasteiger partial charge in [-0.05, 0) is 82.0 Å². The van der Waals surface area contributed by atoms with Crippen LogP contribution in [0.3, 0.4) is 0 Å². The Labute approximate surface area is 251 Å². The summed E-state index contributed by atoms with van der Waals surface area (Å²) in [5.41, 5.74) is 4.88. The number of aromatic nitrogens is 1. The SMILES string of the molecule is COc1ccc([N+]2=C(c3ncccc3Cc3ccccc3)C3CN(C(=O)c4ccc(Br)c(Cl)c4)CCN3C2=O)cc1. The van der Waals surface area contributed by atoms with E-state index in [9.17, 15) is 9.59 Å². The van der Waals surface area contributed by atoms with Crippen molar-refractivity contribution in [2.24, 2.45) is 0 Å². The molecule has 6 rings (SSSR count). The summed E-state index contributed by atoms with van der Waals surface area (Å²) >= 11 is 9.70. The molecule has 0 saturated carbocycles. The molecule has 2 aliphatic rings. The van der Waals surface area contributed by atoms with Crippen molar-refractivity contribution in [1.82, 2.24) is 14.8 Å². The van der Waals surface area contributed by atoms with Crippen LogP contribution in [0.25, 0.3) is 0 Å². The number of urea groups is 1. The third-order valence-corrected chi connectivity index (χ3v) is 8.76. The molecule has 0 aliphatic carbocycles. The monoisotopic (exact) mass is 629 g/mol. The molecule has 2 aliphatic heterocycles. The average molecular weight is 631 g/mol. The number of carbonyl (C=O) groups excluding carboxylic acids is 2. The number of fused-ring (bicyclic) bond motifs is 1. The van der Waals surface area contributed by atoms with E-state index in [-0.39, 0.29) is 18.0 Å². The van der Waals surface area contributed by atoms with E-state index in [0.717, 1.165) is 27.0 Å². The van der Waals surface area contributed by atoms with Crippen LogP contribution >= 0.6 is 27.5 Å². The Hall–Kier alpha value is -4.01. The van der Waals surface area contributed by atoms with Crippen molar-refractivity contribution < 1.29 is 18.9 Å². The Balaban J connectivity index is 1.45. The van der Waals surface area contributed by atoms with Crippen LogP contribution in [0.5, 0.6) is 5.75 Å². The highest BCUT2D eigenvalue weighted by molar-refractivity contribution is 9.10. The van der Waals surface area contributed by atoms with Gasteiger partial charge in [-0.1, -0.05) is 48.0 Å². The zero-order chi connectivity index (χ0) is 28.5. The van der Waals surface area contributed by atoms with Gasteiger partial charge in [0.05, 0.1) is 25.2 Å². The van der Waals surface area contributed by atoms with Crippen LogP contribution in [0, 0.1) is 0 Å². The Bertz CT molecular complexity index is 1660. The number of nitrogens with zero attached hydrogens (tertiary/aromatic N) is 4. The number of carbonyl (C=O) groups is 2. The van der Waals surface area contributed by atoms with Gasteiger partial charge >= 0.3 is 6.03 Å². The van der Waals surface area contributed by atoms with Gasteiger partial charge in [-0.3, -0.25) is 9.78 Å². The minimum atomic E-state index is -0.377. The van der Waals surface area contributed by atoms with Crippen molar-refractivity contribution in [1.29, 1.82) is 0 Å². The average Bonchev–Trinajstić information content (AvgIpc) is 3.30. The van der Waals surface area contributed by atoms with Gasteiger partial charge in [-0.2, -0.15) is 9.37 Å². The molecule has 3 heterocycles. The Morgan fingerprint density at radius 2 is 1.83 bits per heavy atom. The molecule has 1 fully saturated rings. The zero-order valence-electron chi connectivity index (χ0n) is 22.3. The predicted octanol–water partition coefficient (Wildman–Crippen LogP) is 6.19. The van der Waals surface area contributed by atoms with E-state index >= 15 is 0 Å². The van der Waals surface area contributed by atoms with Gasteiger partial charge in [0.1, 0.15) is 23.7 Å². The molecule has 3 amide bonds. The van der Waals surface area contributed by atoms with E-state index in [2.05, 4.69) is 34.1 Å². The Morgan fingerprint density at radius 3 is 2.56 bits per heavy atom. The second-order valence-corrected chi connectivity index (χ2v) is 11.2. The van der Waals surface area contributed by atoms with Gasteiger partial charge in [0.15, 0.2) is 11.8 Å². The van der Waals surface area contributed by atoms with Crippen molar-refractivity contribution in [2.45, 2.75) is 12.5 Å². The standard InChI is InChI=1S/C32H27BrClN4O3/c1-41-25-12-10-24(11-13-25)38-30(29-22(8-5-15-35-29)18-21-6-3-2-4-7-21)28-20-36(16-17-37(28)32(38)40)31(39)23-9-14-26(33)27(34)19-23/h2-15,19,28H,16-18,20H2,1H3/q+1. The zero-order valence-corrected chi connectivity index (χ0v) is 24.7. The second-order valence-electron chi connectivity index (χ2n) is 9.96. The second kappa shape index (κ2) is 11.5. The van der Waals surface area contributed by atoms with Gasteiger partial charge in [0.2, 0.25) is 0 Å². The van der Waals surface area contributed by atoms with Gasteiger partial charge in [0.25, 0.3) is 5.91 Å². The maximum atomic E-state index is 14.0. The van der Waals surface area contributed by atoms with E-state index in [1.807, 2.05) is 53.4 Å². The molecule has 1 unspecified atom stereocenters. The van der Waals surface area contributed by atoms with Gasteiger partial charge in [0, 0.05) is 16.2 Å². The number of piperazine rings is 1. The Morgan fingerprint density at radius 1 is 1.05 bits per heavy atom. The number of amides is 3. The smallest absolute Gasteiger partial charge is 0.497 e. The highest BCUT2D eigenvalue weighted by atomic mass is 79.9. The summed E-state index contributed by atoms with van der Waals surface area (Å²) in [6.07, 6.45) is 2.41. The number of hydrogen-bond acceptors (Lipinski definition) is 4. The number of pyridine rings is 1. The molecular formula is C32H27BrClN4O3+. The highest BCUT2D eigenvalue weighted by Crippen LogP contribution is 2.31. The quantitative estimate of drug-likeness (QED) is 0.238. The molecule has 3 aromatic carbocycles. The fraction of sp³-hybridized carbons (Fsp3) is 0.188. The minimum Gasteiger partial charge on any atom is -0.497 e. The van der Waals surface area contributed by atoms with Crippen molar-refractivity contribution in [3.63, 3.8) is 0 Å². The first-order valence-electron chi connectivity index (χ1n) is 13.3. The maximum absolute atomic E-state index is 14.0. The van der Waals surface area contributed by atoms with E-state index in [1.165, 1.54) is 0 Å². The molecule has 0 radical (unpaired) electrons. The molecule has 206 valence electrons. The Kier molecular flexibility index (Phi) is 7.60. The number of benzene rings is 3. The van der Waals surface area contributed by atoms with Crippen LogP contribution in [-0.2, 0) is 6.42 Å². The lowest BCUT2D eigenvalue weighted by atomic mass is 9.96. The number of halogens is 2. The highest BCUT2D eigenvalue weighted by Gasteiger charge is 2.53. The lowest BCUT2D eigenvalue weighted by molar-refractivity contribution is -0.331. The third kappa shape index (κ3) is 5.25. The van der Waals surface area contributed by atoms with Crippen LogP contribution in [0.15, 0.2) is 95.6 Å². The van der Waals surface area contributed by atoms with E-state index in [1.54, 1.807) is 41.0 Å². The molecule has 1 saturated heterocycles. The topological polar surface area (TPSA) is 65.8 Å². The van der Waals surface area contributed by atoms with Crippen LogP contribution in [0.2, 0.25) is 5.02 Å². The minimum absolute atomic E-state index is 0.126. The van der Waals surface area contributed by atoms with Crippen molar-refractivity contribution in [3.8, 4) is 5.75 Å². The third-order valence-electron chi connectivity index (χ3n) is 7.53. The molecule has 41 heavy (non-hydrogen) atoms. The lowest BCUT2D eigenvalue weighted by Gasteiger charge is -2.33. The fourth-order valence-corrected chi connectivity index (χ4v) is 5.92. The van der Waals surface area contributed by atoms with Gasteiger partial charge in [-0.25, -0.2) is 4.90 Å². The molecule has 0 spiro atoms. The van der Waals surface area contributed by atoms with Crippen LogP contribution in [0.1, 0.15) is 27.2 Å². The summed E-state index contributed by atoms with van der Waals surface area (Å²) in [4.78, 5) is 36.1. The summed E-state index contributed by atoms with van der Waals surface area (Å²) in [6, 6.07) is 26.3. The molecule has 0 bridgehead atoms. The first kappa shape index (κ1) is 27.2. The number of rotatable bonds is 6. The van der Waals surface area contributed by atoms with E-state index in [4.69, 9.17) is 21.3 Å². The summed E-state index contributed by atoms with van der Waals surface area (Å²) < 4.78 is 7.83. The van der Waals surface area contributed by atoms with Gasteiger partial charge in [-0.15, -0.1) is 0 Å². The normalized spacial score (nSPS) is 16.7. The molecule has 1 atom stereocenters. The molecule has 9 heteroatoms. The molecule has 7 nitrogen and oxygen atoms in total. The molecule has 0 N–H and O–H groups in total. The maximum Gasteiger partial charge on any atom is 0.499 e. The first-order valence-corrected chi connectivity index (χ1v) is 14.5. The first-order chi connectivity index (χ1) is 19.9. The van der Waals surface area contributed by atoms with Crippen molar-refractivity contribution in [3.05, 3.63) is 123 Å². The summed E-state index contributed by atoms with van der Waals surface area (Å²) in [5, 5.41) is 0.475. The van der Waals surface area contributed by atoms with Crippen LogP contribution < -0.4 is 4.74 Å². The summed E-state index contributed by atoms with van der Waals surface area (Å²) in [6.45, 7) is 1.15. The van der Waals surface area contributed by atoms with Crippen LogP contribution in [-0.4, -0.2) is 69.8 Å². The van der Waals surface area contributed by atoms with Gasteiger partial charge < -0.3 is 9.64 Å². The predicted molar refractivity (Wildman–Crippen MR) is 161 cm³/mol.